The van der Waals surface area contributed by atoms with Crippen LogP contribution in [0.1, 0.15) is 0 Å². The molecule has 0 aliphatic carbocycles. The van der Waals surface area contributed by atoms with Crippen molar-refractivity contribution < 1.29 is 0 Å². The number of hydrogen-bond acceptors (Lipinski definition) is 0. The van der Waals surface area contributed by atoms with Crippen molar-refractivity contribution in [1.29, 1.82) is 0 Å². The van der Waals surface area contributed by atoms with Crippen LogP contribution < -0.4 is 9.84 Å². The van der Waals surface area contributed by atoms with Gasteiger partial charge >= 0.3 is 0 Å². The molecule has 0 aliphatic rings. The Morgan fingerprint density at radius 3 is 1.43 bits per heavy atom. The lowest BCUT2D eigenvalue weighted by Gasteiger charge is -2.21. The second-order valence-electron chi connectivity index (χ2n) is 5.91. The highest BCUT2D eigenvalue weighted by Crippen LogP contribution is 2.13. The summed E-state index contributed by atoms with van der Waals surface area (Å²) in [7, 11) is -0.626. The predicted octanol–water partition coefficient (Wildman–Crippen LogP) is 3.36. The van der Waals surface area contributed by atoms with Gasteiger partial charge in [-0.25, -0.2) is 0 Å². The summed E-state index contributed by atoms with van der Waals surface area (Å²) in [5.74, 6) is 0. The van der Waals surface area contributed by atoms with Gasteiger partial charge in [-0.3, -0.25) is 0 Å². The molecule has 0 nitrogen and oxygen atoms in total. The number of rotatable bonds is 2. The van der Waals surface area contributed by atoms with Crippen molar-refractivity contribution in [2.45, 2.75) is 39.3 Å². The summed E-state index contributed by atoms with van der Waals surface area (Å²) >= 11 is 0. The van der Waals surface area contributed by atoms with Crippen molar-refractivity contribution in [2.24, 2.45) is 0 Å². The molecule has 0 amide bonds. The molecule has 1 rings (SSSR count). The van der Waals surface area contributed by atoms with Gasteiger partial charge in [0.2, 0.25) is 0 Å². The SMILES string of the molecule is C[Si](C)(C)c1cccc([Si](C)(C)C)p1. The fraction of sp³-hybridized carbons (Fsp3) is 0.545. The van der Waals surface area contributed by atoms with E-state index in [1.54, 1.807) is 9.84 Å². The molecule has 1 aromatic rings. The zero-order valence-corrected chi connectivity index (χ0v) is 13.1. The van der Waals surface area contributed by atoms with E-state index in [9.17, 15) is 0 Å². The third-order valence-corrected chi connectivity index (χ3v) is 11.2. The highest BCUT2D eigenvalue weighted by atomic mass is 31.0. The van der Waals surface area contributed by atoms with E-state index in [0.29, 0.717) is 0 Å². The van der Waals surface area contributed by atoms with E-state index in [0.717, 1.165) is 0 Å². The van der Waals surface area contributed by atoms with Crippen molar-refractivity contribution >= 4 is 34.2 Å². The molecule has 0 bridgehead atoms. The summed E-state index contributed by atoms with van der Waals surface area (Å²) in [4.78, 5) is 3.38. The Bertz CT molecular complexity index is 292. The van der Waals surface area contributed by atoms with Crippen LogP contribution in [0.2, 0.25) is 39.3 Å². The largest absolute Gasteiger partial charge is 0.0834 e. The molecule has 0 radical (unpaired) electrons. The molecule has 0 aromatic carbocycles. The monoisotopic (exact) mass is 240 g/mol. The van der Waals surface area contributed by atoms with Crippen LogP contribution in [0.25, 0.3) is 0 Å². The lowest BCUT2D eigenvalue weighted by atomic mass is 10.6. The molecule has 78 valence electrons. The zero-order chi connectivity index (χ0) is 11.0. The van der Waals surface area contributed by atoms with Crippen LogP contribution in [0.5, 0.6) is 0 Å². The first-order valence-electron chi connectivity index (χ1n) is 5.19. The molecule has 0 aliphatic heterocycles. The first-order valence-corrected chi connectivity index (χ1v) is 13.1. The molecular formula is C11H21PSi2. The van der Waals surface area contributed by atoms with Gasteiger partial charge < -0.3 is 0 Å². The van der Waals surface area contributed by atoms with E-state index in [4.69, 9.17) is 0 Å². The molecule has 0 N–H and O–H groups in total. The van der Waals surface area contributed by atoms with Crippen LogP contribution in [-0.2, 0) is 0 Å². The maximum absolute atomic E-state index is 2.44. The Balaban J connectivity index is 3.15. The molecule has 0 atom stereocenters. The number of hydrogen-bond donors (Lipinski definition) is 0. The Kier molecular flexibility index (Phi) is 3.40. The van der Waals surface area contributed by atoms with Crippen molar-refractivity contribution in [2.75, 3.05) is 0 Å². The van der Waals surface area contributed by atoms with E-state index >= 15 is 0 Å². The summed E-state index contributed by atoms with van der Waals surface area (Å²) in [5.41, 5.74) is 0. The first-order chi connectivity index (χ1) is 6.21. The summed E-state index contributed by atoms with van der Waals surface area (Å²) < 4.78 is 0. The average Bonchev–Trinajstić information content (AvgIpc) is 2.01. The Morgan fingerprint density at radius 1 is 0.786 bits per heavy atom. The van der Waals surface area contributed by atoms with Gasteiger partial charge in [-0.2, -0.15) is 0 Å². The smallest absolute Gasteiger partial charge is 0.0785 e. The van der Waals surface area contributed by atoms with Crippen molar-refractivity contribution in [3.05, 3.63) is 18.2 Å². The highest BCUT2D eigenvalue weighted by Gasteiger charge is 2.21. The van der Waals surface area contributed by atoms with Crippen LogP contribution in [0.3, 0.4) is 0 Å². The molecule has 0 saturated carbocycles. The molecule has 3 heteroatoms. The summed E-state index contributed by atoms with van der Waals surface area (Å²) in [6, 6.07) is 6.95. The van der Waals surface area contributed by atoms with Crippen LogP contribution in [0, 0.1) is 0 Å². The third-order valence-electron chi connectivity index (χ3n) is 2.29. The topological polar surface area (TPSA) is 0 Å². The van der Waals surface area contributed by atoms with Gasteiger partial charge in [-0.05, 0) is 9.84 Å². The summed E-state index contributed by atoms with van der Waals surface area (Å²) in [6.45, 7) is 14.6. The molecule has 1 aromatic heterocycles. The molecule has 1 heterocycles. The van der Waals surface area contributed by atoms with Gasteiger partial charge in [0.05, 0.1) is 16.1 Å². The Morgan fingerprint density at radius 2 is 1.14 bits per heavy atom. The molecular weight excluding hydrogens is 219 g/mol. The zero-order valence-electron chi connectivity index (χ0n) is 10.2. The molecule has 0 unspecified atom stereocenters. The fourth-order valence-electron chi connectivity index (χ4n) is 1.27. The molecule has 14 heavy (non-hydrogen) atoms. The van der Waals surface area contributed by atoms with Gasteiger partial charge in [-0.1, -0.05) is 65.7 Å². The van der Waals surface area contributed by atoms with Gasteiger partial charge in [0.25, 0.3) is 0 Å². The lowest BCUT2D eigenvalue weighted by molar-refractivity contribution is 1.75. The second kappa shape index (κ2) is 3.92. The maximum Gasteiger partial charge on any atom is 0.0834 e. The third kappa shape index (κ3) is 3.04. The quantitative estimate of drug-likeness (QED) is 0.695. The molecule has 0 fully saturated rings. The van der Waals surface area contributed by atoms with Crippen LogP contribution in [0.4, 0.5) is 0 Å². The maximum atomic E-state index is 2.44. The fourth-order valence-corrected chi connectivity index (χ4v) is 6.78. The summed E-state index contributed by atoms with van der Waals surface area (Å²) in [5, 5.41) is 0. The second-order valence-corrected chi connectivity index (χ2v) is 18.0. The minimum absolute atomic E-state index is 1.08. The van der Waals surface area contributed by atoms with Crippen molar-refractivity contribution in [1.82, 2.24) is 0 Å². The van der Waals surface area contributed by atoms with Crippen LogP contribution >= 0.6 is 8.19 Å². The van der Waals surface area contributed by atoms with E-state index < -0.39 is 16.1 Å². The van der Waals surface area contributed by atoms with E-state index in [1.165, 1.54) is 8.19 Å². The summed E-state index contributed by atoms with van der Waals surface area (Å²) in [6.07, 6.45) is 0. The first kappa shape index (κ1) is 12.2. The molecule has 0 saturated heterocycles. The standard InChI is InChI=1S/C11H21PSi2/c1-13(2,3)10-8-7-9-11(12-10)14(4,5)6/h7-9H,1-6H3. The Hall–Kier alpha value is 0.0838. The van der Waals surface area contributed by atoms with E-state index in [2.05, 4.69) is 57.5 Å². The van der Waals surface area contributed by atoms with Crippen molar-refractivity contribution in [3.63, 3.8) is 0 Å². The Labute approximate surface area is 91.9 Å². The average molecular weight is 240 g/mol. The molecule has 0 spiro atoms. The van der Waals surface area contributed by atoms with Crippen LogP contribution in [-0.4, -0.2) is 16.1 Å². The van der Waals surface area contributed by atoms with Crippen molar-refractivity contribution in [3.8, 4) is 0 Å². The lowest BCUT2D eigenvalue weighted by Crippen LogP contribution is -2.41. The van der Waals surface area contributed by atoms with Gasteiger partial charge in [-0.15, -0.1) is 0 Å². The van der Waals surface area contributed by atoms with Gasteiger partial charge in [0, 0.05) is 0 Å². The predicted molar refractivity (Wildman–Crippen MR) is 74.9 cm³/mol. The minimum atomic E-state index is -1.08. The van der Waals surface area contributed by atoms with Gasteiger partial charge in [0.15, 0.2) is 0 Å². The highest BCUT2D eigenvalue weighted by molar-refractivity contribution is 7.49. The van der Waals surface area contributed by atoms with E-state index in [-0.39, 0.29) is 0 Å². The van der Waals surface area contributed by atoms with Crippen LogP contribution in [0.15, 0.2) is 18.2 Å². The minimum Gasteiger partial charge on any atom is -0.0785 e. The normalized spacial score (nSPS) is 13.0. The van der Waals surface area contributed by atoms with E-state index in [1.807, 2.05) is 0 Å². The van der Waals surface area contributed by atoms with Gasteiger partial charge in [0.1, 0.15) is 0 Å².